The van der Waals surface area contributed by atoms with Crippen LogP contribution in [0, 0.1) is 5.92 Å². The highest BCUT2D eigenvalue weighted by atomic mass is 32.1. The van der Waals surface area contributed by atoms with Gasteiger partial charge in [0, 0.05) is 5.56 Å². The van der Waals surface area contributed by atoms with Crippen molar-refractivity contribution in [3.05, 3.63) is 46.2 Å². The van der Waals surface area contributed by atoms with Gasteiger partial charge in [-0.25, -0.2) is 9.59 Å². The van der Waals surface area contributed by atoms with Crippen LogP contribution < -0.4 is 15.4 Å². The predicted octanol–water partition coefficient (Wildman–Crippen LogP) is 2.87. The van der Waals surface area contributed by atoms with Crippen LogP contribution in [0.5, 0.6) is 5.75 Å². The Morgan fingerprint density at radius 2 is 1.75 bits per heavy atom. The Hall–Kier alpha value is -3.40. The van der Waals surface area contributed by atoms with Gasteiger partial charge in [0.05, 0.1) is 19.4 Å². The van der Waals surface area contributed by atoms with E-state index in [1.165, 1.54) is 7.11 Å². The van der Waals surface area contributed by atoms with Crippen LogP contribution in [-0.2, 0) is 19.1 Å². The van der Waals surface area contributed by atoms with Gasteiger partial charge in [0.15, 0.2) is 6.61 Å². The first-order valence-electron chi connectivity index (χ1n) is 9.92. The maximum Gasteiger partial charge on any atom is 0.350 e. The molecule has 1 heterocycles. The number of esters is 2. The Morgan fingerprint density at radius 1 is 1.06 bits per heavy atom. The number of carbonyl (C=O) groups is 4. The smallest absolute Gasteiger partial charge is 0.350 e. The Labute approximate surface area is 190 Å². The minimum absolute atomic E-state index is 0.231. The third-order valence-electron chi connectivity index (χ3n) is 4.29. The fraction of sp³-hybridized carbons (Fsp3) is 0.364. The molecular weight excluding hydrogens is 436 g/mol. The topological polar surface area (TPSA) is 120 Å². The van der Waals surface area contributed by atoms with E-state index in [4.69, 9.17) is 9.47 Å². The highest BCUT2D eigenvalue weighted by Gasteiger charge is 2.27. The summed E-state index contributed by atoms with van der Waals surface area (Å²) in [7, 11) is 1.24. The molecule has 2 aromatic rings. The van der Waals surface area contributed by atoms with Crippen molar-refractivity contribution < 1.29 is 33.4 Å². The molecule has 0 radical (unpaired) electrons. The van der Waals surface area contributed by atoms with Gasteiger partial charge in [0.2, 0.25) is 0 Å². The van der Waals surface area contributed by atoms with Crippen LogP contribution in [0.25, 0.3) is 0 Å². The van der Waals surface area contributed by atoms with Crippen molar-refractivity contribution in [2.24, 2.45) is 5.92 Å². The van der Waals surface area contributed by atoms with Crippen molar-refractivity contribution in [1.29, 1.82) is 0 Å². The van der Waals surface area contributed by atoms with Crippen LogP contribution in [0.3, 0.4) is 0 Å². The van der Waals surface area contributed by atoms with Crippen LogP contribution in [0.15, 0.2) is 35.7 Å². The molecule has 1 atom stereocenters. The van der Waals surface area contributed by atoms with Gasteiger partial charge in [-0.3, -0.25) is 9.59 Å². The van der Waals surface area contributed by atoms with Gasteiger partial charge in [0.1, 0.15) is 16.7 Å². The summed E-state index contributed by atoms with van der Waals surface area (Å²) in [4.78, 5) is 49.1. The molecule has 1 aromatic carbocycles. The third kappa shape index (κ3) is 6.81. The molecule has 0 spiro atoms. The van der Waals surface area contributed by atoms with E-state index in [1.807, 2.05) is 6.92 Å². The molecule has 32 heavy (non-hydrogen) atoms. The Morgan fingerprint density at radius 3 is 2.34 bits per heavy atom. The molecule has 2 N–H and O–H groups in total. The zero-order chi connectivity index (χ0) is 23.7. The molecule has 0 aliphatic carbocycles. The first kappa shape index (κ1) is 24.9. The van der Waals surface area contributed by atoms with Crippen LogP contribution in [0.2, 0.25) is 0 Å². The zero-order valence-corrected chi connectivity index (χ0v) is 19.1. The molecule has 1 aromatic heterocycles. The number of anilines is 1. The van der Waals surface area contributed by atoms with Crippen molar-refractivity contribution in [1.82, 2.24) is 5.32 Å². The lowest BCUT2D eigenvalue weighted by Gasteiger charge is -2.21. The van der Waals surface area contributed by atoms with E-state index in [1.54, 1.807) is 49.6 Å². The third-order valence-corrected chi connectivity index (χ3v) is 5.18. The normalized spacial score (nSPS) is 11.4. The molecule has 10 heteroatoms. The van der Waals surface area contributed by atoms with Gasteiger partial charge < -0.3 is 24.8 Å². The van der Waals surface area contributed by atoms with E-state index in [0.717, 1.165) is 11.3 Å². The summed E-state index contributed by atoms with van der Waals surface area (Å²) in [5.74, 6) is -2.04. The van der Waals surface area contributed by atoms with E-state index in [0.29, 0.717) is 17.9 Å². The highest BCUT2D eigenvalue weighted by molar-refractivity contribution is 7.12. The van der Waals surface area contributed by atoms with Crippen molar-refractivity contribution in [3.8, 4) is 5.75 Å². The number of amides is 2. The number of thiophene rings is 1. The van der Waals surface area contributed by atoms with Crippen molar-refractivity contribution >= 4 is 40.8 Å². The molecule has 0 saturated carbocycles. The number of hydrogen-bond acceptors (Lipinski definition) is 8. The van der Waals surface area contributed by atoms with E-state index < -0.39 is 36.4 Å². The van der Waals surface area contributed by atoms with Gasteiger partial charge in [-0.2, -0.15) is 0 Å². The Balaban J connectivity index is 1.94. The van der Waals surface area contributed by atoms with E-state index in [-0.39, 0.29) is 16.5 Å². The summed E-state index contributed by atoms with van der Waals surface area (Å²) >= 11 is 1.11. The number of methoxy groups -OCH3 is 1. The number of hydrogen-bond donors (Lipinski definition) is 2. The maximum atomic E-state index is 12.5. The average Bonchev–Trinajstić information content (AvgIpc) is 3.23. The van der Waals surface area contributed by atoms with E-state index in [2.05, 4.69) is 15.4 Å². The van der Waals surface area contributed by atoms with Gasteiger partial charge in [-0.05, 0) is 48.6 Å². The monoisotopic (exact) mass is 462 g/mol. The Kier molecular flexibility index (Phi) is 9.21. The largest absolute Gasteiger partial charge is 0.494 e. The standard InChI is InChI=1S/C22H26N2O7S/c1-5-30-15-8-6-14(7-9-15)20(26)24-18(13(2)3)21(27)31-12-17(25)23-16-10-11-32-19(16)22(28)29-4/h6-11,13,18H,5,12H2,1-4H3,(H,23,25)(H,24,26)/t18-/m0/s1. The van der Waals surface area contributed by atoms with Gasteiger partial charge in [-0.1, -0.05) is 13.8 Å². The van der Waals surface area contributed by atoms with E-state index in [9.17, 15) is 19.2 Å². The number of nitrogens with one attached hydrogen (secondary N) is 2. The minimum Gasteiger partial charge on any atom is -0.494 e. The van der Waals surface area contributed by atoms with Crippen LogP contribution in [0.4, 0.5) is 5.69 Å². The maximum absolute atomic E-state index is 12.5. The zero-order valence-electron chi connectivity index (χ0n) is 18.3. The summed E-state index contributed by atoms with van der Waals surface area (Å²) < 4.78 is 15.1. The van der Waals surface area contributed by atoms with Gasteiger partial charge in [0.25, 0.3) is 11.8 Å². The first-order chi connectivity index (χ1) is 15.3. The van der Waals surface area contributed by atoms with E-state index >= 15 is 0 Å². The lowest BCUT2D eigenvalue weighted by Crippen LogP contribution is -2.45. The quantitative estimate of drug-likeness (QED) is 0.521. The van der Waals surface area contributed by atoms with Crippen molar-refractivity contribution in [2.45, 2.75) is 26.8 Å². The molecule has 0 saturated heterocycles. The number of carbonyl (C=O) groups excluding carboxylic acids is 4. The average molecular weight is 463 g/mol. The molecule has 0 unspecified atom stereocenters. The van der Waals surface area contributed by atoms with Crippen LogP contribution in [0.1, 0.15) is 40.8 Å². The lowest BCUT2D eigenvalue weighted by atomic mass is 10.0. The summed E-state index contributed by atoms with van der Waals surface area (Å²) in [6, 6.07) is 7.11. The molecule has 172 valence electrons. The van der Waals surface area contributed by atoms with Gasteiger partial charge in [-0.15, -0.1) is 11.3 Å². The van der Waals surface area contributed by atoms with Gasteiger partial charge >= 0.3 is 11.9 Å². The fourth-order valence-electron chi connectivity index (χ4n) is 2.66. The molecule has 9 nitrogen and oxygen atoms in total. The molecule has 0 aliphatic heterocycles. The molecular formula is C22H26N2O7S. The first-order valence-corrected chi connectivity index (χ1v) is 10.8. The summed E-state index contributed by atoms with van der Waals surface area (Å²) in [6.07, 6.45) is 0. The van der Waals surface area contributed by atoms with Crippen LogP contribution in [-0.4, -0.2) is 50.1 Å². The summed E-state index contributed by atoms with van der Waals surface area (Å²) in [5, 5.41) is 6.77. The second-order valence-corrected chi connectivity index (χ2v) is 7.88. The molecule has 0 aliphatic rings. The summed E-state index contributed by atoms with van der Waals surface area (Å²) in [6.45, 7) is 5.29. The Bertz CT molecular complexity index is 953. The minimum atomic E-state index is -0.950. The number of benzene rings is 1. The molecule has 0 bridgehead atoms. The number of rotatable bonds is 10. The number of ether oxygens (including phenoxy) is 3. The molecule has 0 fully saturated rings. The van der Waals surface area contributed by atoms with Crippen molar-refractivity contribution in [3.63, 3.8) is 0 Å². The fourth-order valence-corrected chi connectivity index (χ4v) is 3.43. The predicted molar refractivity (Wildman–Crippen MR) is 119 cm³/mol. The second kappa shape index (κ2) is 11.8. The van der Waals surface area contributed by atoms with Crippen molar-refractivity contribution in [2.75, 3.05) is 25.6 Å². The summed E-state index contributed by atoms with van der Waals surface area (Å²) in [5.41, 5.74) is 0.629. The second-order valence-electron chi connectivity index (χ2n) is 6.96. The molecule has 2 rings (SSSR count). The lowest BCUT2D eigenvalue weighted by molar-refractivity contribution is -0.150. The van der Waals surface area contributed by atoms with Crippen LogP contribution >= 0.6 is 11.3 Å². The SMILES string of the molecule is CCOc1ccc(C(=O)N[C@H](C(=O)OCC(=O)Nc2ccsc2C(=O)OC)C(C)C)cc1. The molecule has 2 amide bonds. The highest BCUT2D eigenvalue weighted by Crippen LogP contribution is 2.23.